The van der Waals surface area contributed by atoms with Crippen LogP contribution in [0.2, 0.25) is 5.02 Å². The molecule has 5 nitrogen and oxygen atoms in total. The van der Waals surface area contributed by atoms with Crippen LogP contribution in [-0.2, 0) is 9.59 Å². The Kier molecular flexibility index (Phi) is 4.98. The normalized spacial score (nSPS) is 18.4. The third kappa shape index (κ3) is 3.95. The van der Waals surface area contributed by atoms with Gasteiger partial charge < -0.3 is 16.0 Å². The zero-order chi connectivity index (χ0) is 14.5. The Balaban J connectivity index is 2.00. The topological polar surface area (TPSA) is 70.2 Å². The number of carbonyl (C=O) groups excluding carboxylic acids is 2. The first-order valence-corrected chi connectivity index (χ1v) is 7.05. The molecule has 1 aromatic rings. The smallest absolute Gasteiger partial charge is 0.241 e. The van der Waals surface area contributed by atoms with Crippen molar-refractivity contribution in [3.63, 3.8) is 0 Å². The van der Waals surface area contributed by atoms with E-state index in [0.29, 0.717) is 16.4 Å². The Morgan fingerprint density at radius 2 is 2.10 bits per heavy atom. The molecular formula is C14H18ClN3O2. The molecule has 20 heavy (non-hydrogen) atoms. The molecule has 2 rings (SSSR count). The third-order valence-electron chi connectivity index (χ3n) is 3.17. The van der Waals surface area contributed by atoms with Gasteiger partial charge in [-0.05, 0) is 37.6 Å². The van der Waals surface area contributed by atoms with Crippen LogP contribution in [0.1, 0.15) is 26.2 Å². The van der Waals surface area contributed by atoms with Gasteiger partial charge in [-0.15, -0.1) is 0 Å². The van der Waals surface area contributed by atoms with Crippen LogP contribution in [0.4, 0.5) is 11.4 Å². The number of anilines is 2. The van der Waals surface area contributed by atoms with E-state index in [4.69, 9.17) is 11.6 Å². The van der Waals surface area contributed by atoms with Crippen molar-refractivity contribution in [3.8, 4) is 0 Å². The number of carbonyl (C=O) groups is 2. The molecule has 1 aliphatic heterocycles. The summed E-state index contributed by atoms with van der Waals surface area (Å²) in [4.78, 5) is 23.0. The summed E-state index contributed by atoms with van der Waals surface area (Å²) in [5.74, 6) is -0.233. The first-order chi connectivity index (χ1) is 9.56. The lowest BCUT2D eigenvalue weighted by molar-refractivity contribution is -0.118. The van der Waals surface area contributed by atoms with Crippen LogP contribution in [-0.4, -0.2) is 24.4 Å². The fourth-order valence-corrected chi connectivity index (χ4v) is 2.42. The average molecular weight is 296 g/mol. The second kappa shape index (κ2) is 6.72. The molecule has 0 aromatic heterocycles. The van der Waals surface area contributed by atoms with Gasteiger partial charge in [-0.3, -0.25) is 9.59 Å². The summed E-state index contributed by atoms with van der Waals surface area (Å²) in [6, 6.07) is 4.89. The number of hydrogen-bond donors (Lipinski definition) is 3. The Morgan fingerprint density at radius 1 is 1.30 bits per heavy atom. The molecule has 0 spiro atoms. The van der Waals surface area contributed by atoms with Gasteiger partial charge in [-0.2, -0.15) is 0 Å². The second-order valence-corrected chi connectivity index (χ2v) is 5.27. The average Bonchev–Trinajstić information content (AvgIpc) is 2.42. The minimum absolute atomic E-state index is 0.0481. The lowest BCUT2D eigenvalue weighted by atomic mass is 10.0. The van der Waals surface area contributed by atoms with E-state index in [1.807, 2.05) is 0 Å². The number of nitrogens with one attached hydrogen (secondary N) is 3. The largest absolute Gasteiger partial charge is 0.325 e. The maximum atomic E-state index is 12.1. The lowest BCUT2D eigenvalue weighted by Crippen LogP contribution is -2.43. The second-order valence-electron chi connectivity index (χ2n) is 4.87. The molecule has 1 aliphatic rings. The highest BCUT2D eigenvalue weighted by Gasteiger charge is 2.20. The van der Waals surface area contributed by atoms with E-state index in [0.717, 1.165) is 25.8 Å². The minimum Gasteiger partial charge on any atom is -0.325 e. The van der Waals surface area contributed by atoms with Crippen LogP contribution < -0.4 is 16.0 Å². The molecule has 1 fully saturated rings. The summed E-state index contributed by atoms with van der Waals surface area (Å²) in [6.45, 7) is 2.29. The molecular weight excluding hydrogens is 278 g/mol. The fourth-order valence-electron chi connectivity index (χ4n) is 2.19. The number of amides is 2. The molecule has 3 N–H and O–H groups in total. The van der Waals surface area contributed by atoms with E-state index in [9.17, 15) is 9.59 Å². The first-order valence-electron chi connectivity index (χ1n) is 6.67. The van der Waals surface area contributed by atoms with Gasteiger partial charge in [0, 0.05) is 12.6 Å². The minimum atomic E-state index is -0.185. The van der Waals surface area contributed by atoms with Crippen molar-refractivity contribution in [1.82, 2.24) is 5.32 Å². The fraction of sp³-hybridized carbons (Fsp3) is 0.429. The Hall–Kier alpha value is -1.59. The molecule has 1 heterocycles. The van der Waals surface area contributed by atoms with Gasteiger partial charge in [0.25, 0.3) is 0 Å². The molecule has 0 unspecified atom stereocenters. The van der Waals surface area contributed by atoms with Gasteiger partial charge in [-0.25, -0.2) is 0 Å². The Bertz CT molecular complexity index is 513. The van der Waals surface area contributed by atoms with E-state index in [2.05, 4.69) is 16.0 Å². The molecule has 108 valence electrons. The van der Waals surface area contributed by atoms with E-state index < -0.39 is 0 Å². The van der Waals surface area contributed by atoms with Gasteiger partial charge in [0.15, 0.2) is 0 Å². The molecule has 2 amide bonds. The van der Waals surface area contributed by atoms with Crippen molar-refractivity contribution in [2.45, 2.75) is 32.2 Å². The monoisotopic (exact) mass is 295 g/mol. The first kappa shape index (κ1) is 14.8. The van der Waals surface area contributed by atoms with Crippen molar-refractivity contribution in [2.75, 3.05) is 17.2 Å². The van der Waals surface area contributed by atoms with E-state index in [1.165, 1.54) is 6.92 Å². The van der Waals surface area contributed by atoms with Gasteiger partial charge >= 0.3 is 0 Å². The highest BCUT2D eigenvalue weighted by atomic mass is 35.5. The molecule has 0 saturated carbocycles. The van der Waals surface area contributed by atoms with Gasteiger partial charge in [0.1, 0.15) is 0 Å². The summed E-state index contributed by atoms with van der Waals surface area (Å²) < 4.78 is 0. The van der Waals surface area contributed by atoms with Crippen LogP contribution in [0.3, 0.4) is 0 Å². The van der Waals surface area contributed by atoms with Crippen molar-refractivity contribution in [2.24, 2.45) is 0 Å². The van der Waals surface area contributed by atoms with Gasteiger partial charge in [0.2, 0.25) is 11.8 Å². The number of halogens is 1. The number of hydrogen-bond acceptors (Lipinski definition) is 3. The standard InChI is InChI=1S/C14H18ClN3O2/c1-9(19)17-12-6-5-10(8-11(12)15)18-14(20)13-4-2-3-7-16-13/h5-6,8,13,16H,2-4,7H2,1H3,(H,17,19)(H,18,20)/t13-/m0/s1. The maximum absolute atomic E-state index is 12.1. The summed E-state index contributed by atoms with van der Waals surface area (Å²) in [5, 5.41) is 9.04. The molecule has 6 heteroatoms. The van der Waals surface area contributed by atoms with Gasteiger partial charge in [0.05, 0.1) is 16.8 Å². The quantitative estimate of drug-likeness (QED) is 0.802. The lowest BCUT2D eigenvalue weighted by Gasteiger charge is -2.22. The van der Waals surface area contributed by atoms with Crippen molar-refractivity contribution >= 4 is 34.8 Å². The van der Waals surface area contributed by atoms with Gasteiger partial charge in [-0.1, -0.05) is 18.0 Å². The Labute approximate surface area is 123 Å². The predicted octanol–water partition coefficient (Wildman–Crippen LogP) is 2.38. The molecule has 1 atom stereocenters. The molecule has 1 aromatic carbocycles. The summed E-state index contributed by atoms with van der Waals surface area (Å²) in [5.41, 5.74) is 1.16. The van der Waals surface area contributed by atoms with Crippen LogP contribution in [0.15, 0.2) is 18.2 Å². The Morgan fingerprint density at radius 3 is 2.70 bits per heavy atom. The van der Waals surface area contributed by atoms with E-state index >= 15 is 0 Å². The summed E-state index contributed by atoms with van der Waals surface area (Å²) >= 11 is 6.06. The zero-order valence-corrected chi connectivity index (χ0v) is 12.1. The third-order valence-corrected chi connectivity index (χ3v) is 3.49. The number of benzene rings is 1. The maximum Gasteiger partial charge on any atom is 0.241 e. The summed E-state index contributed by atoms with van der Waals surface area (Å²) in [7, 11) is 0. The van der Waals surface area contributed by atoms with Crippen LogP contribution in [0.25, 0.3) is 0 Å². The van der Waals surface area contributed by atoms with Crippen molar-refractivity contribution in [1.29, 1.82) is 0 Å². The highest BCUT2D eigenvalue weighted by molar-refractivity contribution is 6.34. The molecule has 1 saturated heterocycles. The van der Waals surface area contributed by atoms with Crippen molar-refractivity contribution < 1.29 is 9.59 Å². The van der Waals surface area contributed by atoms with Crippen LogP contribution in [0.5, 0.6) is 0 Å². The molecule has 0 aliphatic carbocycles. The molecule has 0 bridgehead atoms. The number of piperidine rings is 1. The zero-order valence-electron chi connectivity index (χ0n) is 11.3. The highest BCUT2D eigenvalue weighted by Crippen LogP contribution is 2.25. The van der Waals surface area contributed by atoms with Crippen LogP contribution >= 0.6 is 11.6 Å². The predicted molar refractivity (Wildman–Crippen MR) is 80.0 cm³/mol. The van der Waals surface area contributed by atoms with Crippen molar-refractivity contribution in [3.05, 3.63) is 23.2 Å². The number of rotatable bonds is 3. The van der Waals surface area contributed by atoms with E-state index in [-0.39, 0.29) is 17.9 Å². The van der Waals surface area contributed by atoms with Crippen LogP contribution in [0, 0.1) is 0 Å². The molecule has 0 radical (unpaired) electrons. The SMILES string of the molecule is CC(=O)Nc1ccc(NC(=O)[C@@H]2CCCCN2)cc1Cl. The van der Waals surface area contributed by atoms with E-state index in [1.54, 1.807) is 18.2 Å². The summed E-state index contributed by atoms with van der Waals surface area (Å²) in [6.07, 6.45) is 3.03.